The molecule has 0 fully saturated rings. The Hall–Kier alpha value is -1.59. The maximum Gasteiger partial charge on any atom is 0.238 e. The number of hydrogen-bond acceptors (Lipinski definition) is 3. The van der Waals surface area contributed by atoms with Gasteiger partial charge in [0, 0.05) is 10.2 Å². The van der Waals surface area contributed by atoms with Crippen LogP contribution in [0.15, 0.2) is 51.6 Å². The van der Waals surface area contributed by atoms with Crippen LogP contribution in [0.1, 0.15) is 5.76 Å². The van der Waals surface area contributed by atoms with E-state index in [4.69, 9.17) is 4.42 Å². The highest BCUT2D eigenvalue weighted by atomic mass is 79.9. The van der Waals surface area contributed by atoms with Crippen molar-refractivity contribution in [3.05, 3.63) is 52.9 Å². The number of carbonyl (C=O) groups excluding carboxylic acids is 1. The number of nitrogens with one attached hydrogen (secondary N) is 2. The number of halogens is 1. The second kappa shape index (κ2) is 6.37. The zero-order chi connectivity index (χ0) is 12.8. The number of furan rings is 1. The van der Waals surface area contributed by atoms with Crippen molar-refractivity contribution in [3.63, 3.8) is 0 Å². The largest absolute Gasteiger partial charge is 0.468 e. The molecule has 0 aliphatic carbocycles. The number of amides is 1. The Kier molecular flexibility index (Phi) is 4.55. The van der Waals surface area contributed by atoms with Gasteiger partial charge in [0.05, 0.1) is 19.4 Å². The molecule has 2 aromatic rings. The van der Waals surface area contributed by atoms with E-state index in [1.54, 1.807) is 6.26 Å². The minimum Gasteiger partial charge on any atom is -0.468 e. The van der Waals surface area contributed by atoms with E-state index in [-0.39, 0.29) is 12.5 Å². The van der Waals surface area contributed by atoms with Crippen LogP contribution in [-0.2, 0) is 11.3 Å². The third-order valence-electron chi connectivity index (χ3n) is 2.27. The van der Waals surface area contributed by atoms with Crippen LogP contribution in [0, 0.1) is 0 Å². The highest BCUT2D eigenvalue weighted by molar-refractivity contribution is 9.10. The van der Waals surface area contributed by atoms with E-state index < -0.39 is 0 Å². The predicted molar refractivity (Wildman–Crippen MR) is 73.2 cm³/mol. The summed E-state index contributed by atoms with van der Waals surface area (Å²) in [6.45, 7) is 0.784. The molecular weight excluding hydrogens is 296 g/mol. The fourth-order valence-corrected chi connectivity index (χ4v) is 1.88. The molecule has 0 saturated carbocycles. The van der Waals surface area contributed by atoms with Gasteiger partial charge in [0.15, 0.2) is 0 Å². The number of rotatable bonds is 5. The predicted octanol–water partition coefficient (Wildman–Crippen LogP) is 2.77. The molecule has 0 bridgehead atoms. The second-order valence-electron chi connectivity index (χ2n) is 3.74. The third-order valence-corrected chi connectivity index (χ3v) is 2.77. The van der Waals surface area contributed by atoms with E-state index >= 15 is 0 Å². The van der Waals surface area contributed by atoms with Gasteiger partial charge in [-0.2, -0.15) is 0 Å². The van der Waals surface area contributed by atoms with Crippen LogP contribution in [-0.4, -0.2) is 12.5 Å². The molecule has 5 heteroatoms. The highest BCUT2D eigenvalue weighted by Gasteiger charge is 2.02. The molecular formula is C13H13BrN2O2. The molecule has 1 aromatic heterocycles. The first-order chi connectivity index (χ1) is 8.74. The second-order valence-corrected chi connectivity index (χ2v) is 4.66. The van der Waals surface area contributed by atoms with Gasteiger partial charge in [-0.05, 0) is 30.3 Å². The zero-order valence-corrected chi connectivity index (χ0v) is 11.2. The normalized spacial score (nSPS) is 10.3. The van der Waals surface area contributed by atoms with Gasteiger partial charge in [0.1, 0.15) is 5.76 Å². The Balaban J connectivity index is 1.75. The van der Waals surface area contributed by atoms with Crippen LogP contribution in [0.5, 0.6) is 0 Å². The molecule has 18 heavy (non-hydrogen) atoms. The Labute approximate surface area is 114 Å². The number of hydrogen-bond donors (Lipinski definition) is 2. The molecule has 0 aliphatic heterocycles. The molecule has 2 rings (SSSR count). The summed E-state index contributed by atoms with van der Waals surface area (Å²) in [4.78, 5) is 11.6. The topological polar surface area (TPSA) is 54.3 Å². The molecule has 94 valence electrons. The van der Waals surface area contributed by atoms with Crippen molar-refractivity contribution in [2.75, 3.05) is 11.9 Å². The molecule has 2 N–H and O–H groups in total. The molecule has 0 unspecified atom stereocenters. The summed E-state index contributed by atoms with van der Waals surface area (Å²) in [6.07, 6.45) is 1.61. The first kappa shape index (κ1) is 12.9. The summed E-state index contributed by atoms with van der Waals surface area (Å²) in [7, 11) is 0. The van der Waals surface area contributed by atoms with Crippen molar-refractivity contribution in [3.8, 4) is 0 Å². The Morgan fingerprint density at radius 1 is 1.28 bits per heavy atom. The monoisotopic (exact) mass is 308 g/mol. The SMILES string of the molecule is O=C(CNCc1ccco1)Nc1cccc(Br)c1. The molecule has 0 spiro atoms. The van der Waals surface area contributed by atoms with Crippen molar-refractivity contribution in [2.24, 2.45) is 0 Å². The lowest BCUT2D eigenvalue weighted by Gasteiger charge is -2.06. The summed E-state index contributed by atoms with van der Waals surface area (Å²) < 4.78 is 6.08. The summed E-state index contributed by atoms with van der Waals surface area (Å²) in [5.74, 6) is 0.727. The zero-order valence-electron chi connectivity index (χ0n) is 9.65. The van der Waals surface area contributed by atoms with Crippen LogP contribution < -0.4 is 10.6 Å². The smallest absolute Gasteiger partial charge is 0.238 e. The van der Waals surface area contributed by atoms with Gasteiger partial charge in [0.25, 0.3) is 0 Å². The molecule has 0 aliphatic rings. The summed E-state index contributed by atoms with van der Waals surface area (Å²) in [5, 5.41) is 5.81. The van der Waals surface area contributed by atoms with Gasteiger partial charge in [-0.3, -0.25) is 4.79 Å². The maximum absolute atomic E-state index is 11.6. The van der Waals surface area contributed by atoms with E-state index in [2.05, 4.69) is 26.6 Å². The fourth-order valence-electron chi connectivity index (χ4n) is 1.48. The summed E-state index contributed by atoms with van der Waals surface area (Å²) in [6, 6.07) is 11.2. The van der Waals surface area contributed by atoms with Crippen molar-refractivity contribution in [1.82, 2.24) is 5.32 Å². The minimum atomic E-state index is -0.0837. The fraction of sp³-hybridized carbons (Fsp3) is 0.154. The molecule has 1 heterocycles. The molecule has 0 radical (unpaired) electrons. The molecule has 1 aromatic carbocycles. The lowest BCUT2D eigenvalue weighted by Crippen LogP contribution is -2.27. The molecule has 0 saturated heterocycles. The summed E-state index contributed by atoms with van der Waals surface area (Å²) >= 11 is 3.35. The molecule has 1 amide bonds. The van der Waals surface area contributed by atoms with Gasteiger partial charge in [-0.15, -0.1) is 0 Å². The average molecular weight is 309 g/mol. The highest BCUT2D eigenvalue weighted by Crippen LogP contribution is 2.15. The van der Waals surface area contributed by atoms with Crippen molar-refractivity contribution < 1.29 is 9.21 Å². The van der Waals surface area contributed by atoms with E-state index in [0.717, 1.165) is 15.9 Å². The standard InChI is InChI=1S/C13H13BrN2O2/c14-10-3-1-4-11(7-10)16-13(17)9-15-8-12-5-2-6-18-12/h1-7,15H,8-9H2,(H,16,17). The van der Waals surface area contributed by atoms with Crippen molar-refractivity contribution >= 4 is 27.5 Å². The van der Waals surface area contributed by atoms with Crippen LogP contribution in [0.2, 0.25) is 0 Å². The third kappa shape index (κ3) is 4.01. The van der Waals surface area contributed by atoms with Crippen molar-refractivity contribution in [1.29, 1.82) is 0 Å². The van der Waals surface area contributed by atoms with E-state index in [9.17, 15) is 4.79 Å². The first-order valence-electron chi connectivity index (χ1n) is 5.52. The Bertz CT molecular complexity index is 511. The minimum absolute atomic E-state index is 0.0837. The van der Waals surface area contributed by atoms with Crippen molar-refractivity contribution in [2.45, 2.75) is 6.54 Å². The Morgan fingerprint density at radius 2 is 2.17 bits per heavy atom. The van der Waals surface area contributed by atoms with Crippen LogP contribution in [0.3, 0.4) is 0 Å². The Morgan fingerprint density at radius 3 is 2.89 bits per heavy atom. The van der Waals surface area contributed by atoms with Crippen LogP contribution >= 0.6 is 15.9 Å². The van der Waals surface area contributed by atoms with E-state index in [0.29, 0.717) is 6.54 Å². The quantitative estimate of drug-likeness (QED) is 0.893. The lowest BCUT2D eigenvalue weighted by molar-refractivity contribution is -0.115. The van der Waals surface area contributed by atoms with Gasteiger partial charge < -0.3 is 15.1 Å². The average Bonchev–Trinajstić information content (AvgIpc) is 2.82. The molecule has 0 atom stereocenters. The number of benzene rings is 1. The summed E-state index contributed by atoms with van der Waals surface area (Å²) in [5.41, 5.74) is 0.772. The van der Waals surface area contributed by atoms with Gasteiger partial charge in [-0.1, -0.05) is 22.0 Å². The van der Waals surface area contributed by atoms with Gasteiger partial charge in [-0.25, -0.2) is 0 Å². The number of carbonyl (C=O) groups is 1. The van der Waals surface area contributed by atoms with E-state index in [1.165, 1.54) is 0 Å². The van der Waals surface area contributed by atoms with Crippen LogP contribution in [0.25, 0.3) is 0 Å². The molecule has 4 nitrogen and oxygen atoms in total. The van der Waals surface area contributed by atoms with E-state index in [1.807, 2.05) is 36.4 Å². The first-order valence-corrected chi connectivity index (χ1v) is 6.32. The van der Waals surface area contributed by atoms with Gasteiger partial charge in [0.2, 0.25) is 5.91 Å². The number of anilines is 1. The maximum atomic E-state index is 11.6. The van der Waals surface area contributed by atoms with Crippen LogP contribution in [0.4, 0.5) is 5.69 Å². The lowest BCUT2D eigenvalue weighted by atomic mass is 10.3. The van der Waals surface area contributed by atoms with Gasteiger partial charge >= 0.3 is 0 Å².